The fourth-order valence-corrected chi connectivity index (χ4v) is 2.53. The Bertz CT molecular complexity index is 707. The van der Waals surface area contributed by atoms with E-state index < -0.39 is 29.7 Å². The smallest absolute Gasteiger partial charge is 0.420 e. The van der Waals surface area contributed by atoms with E-state index >= 15 is 0 Å². The average Bonchev–Trinajstić information content (AvgIpc) is 3.00. The molecule has 0 aromatic heterocycles. The van der Waals surface area contributed by atoms with Crippen LogP contribution in [0.3, 0.4) is 0 Å². The van der Waals surface area contributed by atoms with Crippen molar-refractivity contribution in [2.75, 3.05) is 11.7 Å². The Morgan fingerprint density at radius 2 is 1.96 bits per heavy atom. The highest BCUT2D eigenvalue weighted by molar-refractivity contribution is 6.36. The molecule has 0 saturated carbocycles. The van der Waals surface area contributed by atoms with Crippen molar-refractivity contribution in [3.63, 3.8) is 0 Å². The molecular weight excluding hydrogens is 338 g/mol. The minimum atomic E-state index is -0.940. The van der Waals surface area contributed by atoms with Crippen LogP contribution < -0.4 is 5.06 Å². The number of nitrogens with zero attached hydrogens (tertiary/aromatic N) is 3. The zero-order valence-electron chi connectivity index (χ0n) is 15.3. The van der Waals surface area contributed by atoms with Crippen LogP contribution >= 0.6 is 0 Å². The molecule has 2 atom stereocenters. The molecule has 26 heavy (non-hydrogen) atoms. The number of hydroxylamine groups is 1. The van der Waals surface area contributed by atoms with Gasteiger partial charge in [-0.15, -0.1) is 0 Å². The zero-order valence-corrected chi connectivity index (χ0v) is 15.3. The minimum absolute atomic E-state index is 0.0896. The molecule has 1 saturated heterocycles. The Kier molecular flexibility index (Phi) is 6.13. The van der Waals surface area contributed by atoms with Crippen molar-refractivity contribution in [2.45, 2.75) is 51.9 Å². The third-order valence-electron chi connectivity index (χ3n) is 3.55. The predicted octanol–water partition coefficient (Wildman–Crippen LogP) is 2.14. The van der Waals surface area contributed by atoms with Crippen LogP contribution in [-0.4, -0.2) is 46.8 Å². The van der Waals surface area contributed by atoms with Crippen LogP contribution in [-0.2, 0) is 23.9 Å². The fourth-order valence-electron chi connectivity index (χ4n) is 2.53. The number of anilines is 1. The molecule has 2 rings (SSSR count). The molecule has 1 aromatic rings. The number of para-hydroxylation sites is 1. The monoisotopic (exact) mass is 361 g/mol. The Labute approximate surface area is 152 Å². The first-order valence-electron chi connectivity index (χ1n) is 8.39. The van der Waals surface area contributed by atoms with Gasteiger partial charge in [-0.25, -0.2) is 14.7 Å². The number of carbonyl (C=O) groups is 2. The normalized spacial score (nSPS) is 19.6. The van der Waals surface area contributed by atoms with Gasteiger partial charge in [0.25, 0.3) is 0 Å². The summed E-state index contributed by atoms with van der Waals surface area (Å²) in [6.45, 7) is 7.03. The van der Waals surface area contributed by atoms with Crippen LogP contribution in [0.15, 0.2) is 30.3 Å². The lowest BCUT2D eigenvalue weighted by Gasteiger charge is -2.23. The molecule has 0 aliphatic carbocycles. The molecule has 140 valence electrons. The van der Waals surface area contributed by atoms with E-state index in [1.54, 1.807) is 52.0 Å². The molecule has 0 spiro atoms. The van der Waals surface area contributed by atoms with Gasteiger partial charge < -0.3 is 15.0 Å². The summed E-state index contributed by atoms with van der Waals surface area (Å²) in [5.74, 6) is -1.29. The van der Waals surface area contributed by atoms with Crippen LogP contribution in [0.25, 0.3) is 5.53 Å². The molecule has 8 heteroatoms. The minimum Gasteiger partial charge on any atom is -0.464 e. The van der Waals surface area contributed by atoms with E-state index in [0.717, 1.165) is 0 Å². The largest absolute Gasteiger partial charge is 0.464 e. The first-order chi connectivity index (χ1) is 12.3. The number of rotatable bonds is 5. The molecule has 0 unspecified atom stereocenters. The second-order valence-electron chi connectivity index (χ2n) is 6.75. The summed E-state index contributed by atoms with van der Waals surface area (Å²) in [7, 11) is 0. The molecule has 0 bridgehead atoms. The van der Waals surface area contributed by atoms with E-state index in [2.05, 4.69) is 4.79 Å². The Morgan fingerprint density at radius 3 is 2.50 bits per heavy atom. The Morgan fingerprint density at radius 1 is 1.31 bits per heavy atom. The van der Waals surface area contributed by atoms with Crippen molar-refractivity contribution in [1.29, 1.82) is 0 Å². The van der Waals surface area contributed by atoms with Crippen LogP contribution in [0.2, 0.25) is 0 Å². The van der Waals surface area contributed by atoms with Gasteiger partial charge in [-0.2, -0.15) is 4.79 Å². The van der Waals surface area contributed by atoms with Gasteiger partial charge in [-0.3, -0.25) is 4.84 Å². The maximum Gasteiger partial charge on any atom is 0.420 e. The van der Waals surface area contributed by atoms with E-state index in [4.69, 9.17) is 14.3 Å². The highest BCUT2D eigenvalue weighted by Crippen LogP contribution is 2.29. The molecule has 0 amide bonds. The van der Waals surface area contributed by atoms with E-state index in [9.17, 15) is 15.1 Å². The van der Waals surface area contributed by atoms with Crippen molar-refractivity contribution in [2.24, 2.45) is 0 Å². The molecule has 1 aliphatic heterocycles. The number of hydrogen-bond donors (Lipinski definition) is 0. The SMILES string of the molecule is CCOC(=O)[C@H]1C[C@@H](C(=[N+]=[N-])C(=O)OC(C)(C)C)ON1c1ccccc1. The number of hydrogen-bond acceptors (Lipinski definition) is 6. The lowest BCUT2D eigenvalue weighted by molar-refractivity contribution is -0.152. The van der Waals surface area contributed by atoms with Crippen molar-refractivity contribution in [1.82, 2.24) is 0 Å². The van der Waals surface area contributed by atoms with Gasteiger partial charge in [-0.1, -0.05) is 18.2 Å². The lowest BCUT2D eigenvalue weighted by atomic mass is 10.1. The molecule has 1 fully saturated rings. The quantitative estimate of drug-likeness (QED) is 0.345. The molecule has 1 aromatic carbocycles. The molecular formula is C18H23N3O5. The van der Waals surface area contributed by atoms with Crippen LogP contribution in [0.1, 0.15) is 34.1 Å². The van der Waals surface area contributed by atoms with Gasteiger partial charge in [-0.05, 0) is 39.8 Å². The molecule has 0 radical (unpaired) electrons. The van der Waals surface area contributed by atoms with E-state index in [-0.39, 0.29) is 18.7 Å². The third kappa shape index (κ3) is 4.68. The first kappa shape index (κ1) is 19.6. The zero-order chi connectivity index (χ0) is 19.3. The molecule has 8 nitrogen and oxygen atoms in total. The van der Waals surface area contributed by atoms with Gasteiger partial charge in [0, 0.05) is 6.42 Å². The first-order valence-corrected chi connectivity index (χ1v) is 8.39. The number of ether oxygens (including phenoxy) is 2. The van der Waals surface area contributed by atoms with Gasteiger partial charge in [0.05, 0.1) is 12.3 Å². The summed E-state index contributed by atoms with van der Waals surface area (Å²) in [5, 5.41) is 1.37. The van der Waals surface area contributed by atoms with Crippen LogP contribution in [0.4, 0.5) is 5.69 Å². The molecule has 1 aliphatic rings. The van der Waals surface area contributed by atoms with E-state index in [1.165, 1.54) is 5.06 Å². The van der Waals surface area contributed by atoms with Crippen molar-refractivity contribution in [3.8, 4) is 0 Å². The summed E-state index contributed by atoms with van der Waals surface area (Å²) in [5.41, 5.74) is 8.87. The standard InChI is InChI=1S/C18H23N3O5/c1-5-24-16(22)13-11-14(15(20-19)17(23)25-18(2,3)4)26-21(13)12-9-7-6-8-10-12/h6-10,13-14H,5,11H2,1-4H3/t13-,14+/m1/s1. The number of carbonyl (C=O) groups excluding carboxylic acids is 2. The maximum absolute atomic E-state index is 12.3. The highest BCUT2D eigenvalue weighted by atomic mass is 16.7. The summed E-state index contributed by atoms with van der Waals surface area (Å²) >= 11 is 0. The van der Waals surface area contributed by atoms with Crippen LogP contribution in [0, 0.1) is 0 Å². The number of benzene rings is 1. The topological polar surface area (TPSA) is 101 Å². The summed E-state index contributed by atoms with van der Waals surface area (Å²) in [4.78, 5) is 33.4. The van der Waals surface area contributed by atoms with Gasteiger partial charge in [0.15, 0.2) is 12.1 Å². The van der Waals surface area contributed by atoms with Gasteiger partial charge in [0.1, 0.15) is 5.60 Å². The average molecular weight is 361 g/mol. The van der Waals surface area contributed by atoms with Gasteiger partial charge in [0.2, 0.25) is 0 Å². The van der Waals surface area contributed by atoms with E-state index in [1.807, 2.05) is 6.07 Å². The summed E-state index contributed by atoms with van der Waals surface area (Å²) < 4.78 is 10.3. The van der Waals surface area contributed by atoms with Crippen molar-refractivity contribution >= 4 is 23.3 Å². The van der Waals surface area contributed by atoms with Crippen molar-refractivity contribution in [3.05, 3.63) is 35.9 Å². The molecule has 0 N–H and O–H groups in total. The molecule has 1 heterocycles. The second-order valence-corrected chi connectivity index (χ2v) is 6.75. The number of esters is 2. The predicted molar refractivity (Wildman–Crippen MR) is 93.3 cm³/mol. The third-order valence-corrected chi connectivity index (χ3v) is 3.55. The Hall–Kier alpha value is -2.70. The highest BCUT2D eigenvalue weighted by Gasteiger charge is 2.48. The second kappa shape index (κ2) is 8.12. The van der Waals surface area contributed by atoms with Crippen molar-refractivity contribution < 1.29 is 28.7 Å². The van der Waals surface area contributed by atoms with Crippen LogP contribution in [0.5, 0.6) is 0 Å². The summed E-state index contributed by atoms with van der Waals surface area (Å²) in [6, 6.07) is 8.17. The fraction of sp³-hybridized carbons (Fsp3) is 0.500. The lowest BCUT2D eigenvalue weighted by Crippen LogP contribution is -2.37. The van der Waals surface area contributed by atoms with Gasteiger partial charge >= 0.3 is 17.7 Å². The maximum atomic E-state index is 12.3. The van der Waals surface area contributed by atoms with E-state index in [0.29, 0.717) is 5.69 Å². The summed E-state index contributed by atoms with van der Waals surface area (Å²) in [6.07, 6.45) is -0.851. The Balaban J connectivity index is 2.27.